The summed E-state index contributed by atoms with van der Waals surface area (Å²) in [5.41, 5.74) is 7.73. The molecule has 3 N–H and O–H groups in total. The van der Waals surface area contributed by atoms with Crippen molar-refractivity contribution in [1.29, 1.82) is 0 Å². The zero-order valence-corrected chi connectivity index (χ0v) is 16.0. The van der Waals surface area contributed by atoms with E-state index in [-0.39, 0.29) is 24.0 Å². The van der Waals surface area contributed by atoms with Crippen LogP contribution in [0.2, 0.25) is 0 Å². The highest BCUT2D eigenvalue weighted by Gasteiger charge is 2.05. The predicted octanol–water partition coefficient (Wildman–Crippen LogP) is 2.82. The highest BCUT2D eigenvalue weighted by atomic mass is 127. The fraction of sp³-hybridized carbons (Fsp3) is 0.118. The lowest BCUT2D eigenvalue weighted by molar-refractivity contribution is 0.415. The highest BCUT2D eigenvalue weighted by Crippen LogP contribution is 2.16. The third-order valence-corrected chi connectivity index (χ3v) is 3.39. The third-order valence-electron chi connectivity index (χ3n) is 3.39. The van der Waals surface area contributed by atoms with Crippen molar-refractivity contribution in [3.63, 3.8) is 0 Å². The Balaban J connectivity index is 0.00000225. The Morgan fingerprint density at radius 2 is 2.00 bits per heavy atom. The minimum Gasteiger partial charge on any atom is -0.497 e. The molecule has 0 bridgehead atoms. The van der Waals surface area contributed by atoms with Crippen LogP contribution in [0, 0.1) is 0 Å². The number of hydrogen-bond donors (Lipinski definition) is 2. The Kier molecular flexibility index (Phi) is 6.75. The molecular weight excluding hydrogens is 431 g/mol. The molecule has 0 atom stereocenters. The summed E-state index contributed by atoms with van der Waals surface area (Å²) in [6, 6.07) is 17.3. The molecule has 0 saturated heterocycles. The number of aromatic nitrogens is 3. The standard InChI is InChI=1S/C17H18N6O.HI/c1-24-15-9-5-6-13(10-15)21-17(18)19-11-16-22-20-12-23(16)14-7-3-2-4-8-14;/h2-10,12H,11H2,1H3,(H3,18,19,21);1H. The molecule has 2 aromatic carbocycles. The van der Waals surface area contributed by atoms with Gasteiger partial charge in [0.15, 0.2) is 11.8 Å². The van der Waals surface area contributed by atoms with Crippen LogP contribution >= 0.6 is 24.0 Å². The fourth-order valence-corrected chi connectivity index (χ4v) is 2.22. The van der Waals surface area contributed by atoms with Crippen molar-refractivity contribution < 1.29 is 4.74 Å². The van der Waals surface area contributed by atoms with Crippen molar-refractivity contribution >= 4 is 35.6 Å². The first kappa shape index (κ1) is 18.7. The number of halogens is 1. The van der Waals surface area contributed by atoms with Crippen LogP contribution in [0.15, 0.2) is 65.9 Å². The first-order chi connectivity index (χ1) is 11.8. The summed E-state index contributed by atoms with van der Waals surface area (Å²) in [6.07, 6.45) is 1.66. The summed E-state index contributed by atoms with van der Waals surface area (Å²) in [4.78, 5) is 4.32. The van der Waals surface area contributed by atoms with E-state index in [1.165, 1.54) is 0 Å². The monoisotopic (exact) mass is 450 g/mol. The van der Waals surface area contributed by atoms with Crippen molar-refractivity contribution in [3.05, 3.63) is 66.7 Å². The van der Waals surface area contributed by atoms with Gasteiger partial charge in [0.05, 0.1) is 7.11 Å². The third kappa shape index (κ3) is 4.92. The number of methoxy groups -OCH3 is 1. The molecule has 0 aliphatic rings. The van der Waals surface area contributed by atoms with Crippen molar-refractivity contribution in [3.8, 4) is 11.4 Å². The molecule has 0 radical (unpaired) electrons. The molecule has 0 fully saturated rings. The minimum atomic E-state index is 0. The van der Waals surface area contributed by atoms with E-state index in [4.69, 9.17) is 10.5 Å². The quantitative estimate of drug-likeness (QED) is 0.355. The van der Waals surface area contributed by atoms with Crippen LogP contribution in [0.4, 0.5) is 5.69 Å². The van der Waals surface area contributed by atoms with Gasteiger partial charge in [0.2, 0.25) is 0 Å². The molecule has 0 amide bonds. The molecule has 3 rings (SSSR count). The maximum atomic E-state index is 5.94. The molecule has 1 aromatic heterocycles. The Morgan fingerprint density at radius 3 is 2.76 bits per heavy atom. The maximum absolute atomic E-state index is 5.94. The smallest absolute Gasteiger partial charge is 0.193 e. The summed E-state index contributed by atoms with van der Waals surface area (Å²) < 4.78 is 7.06. The number of nitrogens with two attached hydrogens (primary N) is 1. The lowest BCUT2D eigenvalue weighted by atomic mass is 10.3. The van der Waals surface area contributed by atoms with Crippen LogP contribution in [-0.4, -0.2) is 27.8 Å². The van der Waals surface area contributed by atoms with Crippen LogP contribution < -0.4 is 15.8 Å². The SMILES string of the molecule is COc1cccc(NC(N)=NCc2nncn2-c2ccccc2)c1.I. The number of aliphatic imine (C=N–C) groups is 1. The molecular formula is C17H19IN6O. The van der Waals surface area contributed by atoms with Gasteiger partial charge >= 0.3 is 0 Å². The molecule has 3 aromatic rings. The molecule has 8 heteroatoms. The van der Waals surface area contributed by atoms with Crippen LogP contribution in [-0.2, 0) is 6.54 Å². The number of nitrogens with zero attached hydrogens (tertiary/aromatic N) is 4. The topological polar surface area (TPSA) is 90.3 Å². The second kappa shape index (κ2) is 9.02. The number of ether oxygens (including phenoxy) is 1. The lowest BCUT2D eigenvalue weighted by Gasteiger charge is -2.08. The van der Waals surface area contributed by atoms with Gasteiger partial charge in [0.25, 0.3) is 0 Å². The van der Waals surface area contributed by atoms with Crippen LogP contribution in [0.25, 0.3) is 5.69 Å². The van der Waals surface area contributed by atoms with Crippen LogP contribution in [0.5, 0.6) is 5.75 Å². The van der Waals surface area contributed by atoms with E-state index >= 15 is 0 Å². The zero-order chi connectivity index (χ0) is 16.8. The van der Waals surface area contributed by atoms with E-state index in [2.05, 4.69) is 20.5 Å². The van der Waals surface area contributed by atoms with E-state index in [1.807, 2.05) is 59.2 Å². The van der Waals surface area contributed by atoms with Gasteiger partial charge in [0, 0.05) is 17.4 Å². The van der Waals surface area contributed by atoms with E-state index < -0.39 is 0 Å². The number of rotatable bonds is 5. The van der Waals surface area contributed by atoms with E-state index in [0.717, 1.165) is 17.1 Å². The second-order valence-electron chi connectivity index (χ2n) is 5.01. The molecule has 25 heavy (non-hydrogen) atoms. The molecule has 0 unspecified atom stereocenters. The van der Waals surface area contributed by atoms with Gasteiger partial charge in [-0.25, -0.2) is 4.99 Å². The Morgan fingerprint density at radius 1 is 1.20 bits per heavy atom. The summed E-state index contributed by atoms with van der Waals surface area (Å²) in [5.74, 6) is 1.75. The van der Waals surface area contributed by atoms with Gasteiger partial charge in [-0.15, -0.1) is 34.2 Å². The summed E-state index contributed by atoms with van der Waals surface area (Å²) in [5, 5.41) is 11.1. The van der Waals surface area contributed by atoms with Gasteiger partial charge in [-0.05, 0) is 24.3 Å². The molecule has 0 aliphatic heterocycles. The van der Waals surface area contributed by atoms with Crippen molar-refractivity contribution in [1.82, 2.24) is 14.8 Å². The van der Waals surface area contributed by atoms with Gasteiger partial charge < -0.3 is 15.8 Å². The molecule has 0 saturated carbocycles. The fourth-order valence-electron chi connectivity index (χ4n) is 2.22. The number of anilines is 1. The average molecular weight is 450 g/mol. The van der Waals surface area contributed by atoms with Gasteiger partial charge in [-0.3, -0.25) is 4.57 Å². The Hall–Kier alpha value is -2.62. The highest BCUT2D eigenvalue weighted by molar-refractivity contribution is 14.0. The van der Waals surface area contributed by atoms with Gasteiger partial charge in [0.1, 0.15) is 18.6 Å². The first-order valence-electron chi connectivity index (χ1n) is 7.41. The first-order valence-corrected chi connectivity index (χ1v) is 7.41. The zero-order valence-electron chi connectivity index (χ0n) is 13.7. The Labute approximate surface area is 163 Å². The number of guanidine groups is 1. The van der Waals surface area contributed by atoms with E-state index in [0.29, 0.717) is 18.3 Å². The van der Waals surface area contributed by atoms with Crippen LogP contribution in [0.1, 0.15) is 5.82 Å². The lowest BCUT2D eigenvalue weighted by Crippen LogP contribution is -2.22. The van der Waals surface area contributed by atoms with E-state index in [9.17, 15) is 0 Å². The van der Waals surface area contributed by atoms with Crippen molar-refractivity contribution in [2.75, 3.05) is 12.4 Å². The number of hydrogen-bond acceptors (Lipinski definition) is 4. The number of nitrogens with one attached hydrogen (secondary N) is 1. The largest absolute Gasteiger partial charge is 0.497 e. The number of para-hydroxylation sites is 1. The molecule has 130 valence electrons. The maximum Gasteiger partial charge on any atom is 0.193 e. The second-order valence-corrected chi connectivity index (χ2v) is 5.01. The summed E-state index contributed by atoms with van der Waals surface area (Å²) >= 11 is 0. The Bertz CT molecular complexity index is 834. The van der Waals surface area contributed by atoms with Gasteiger partial charge in [-0.2, -0.15) is 0 Å². The van der Waals surface area contributed by atoms with Gasteiger partial charge in [-0.1, -0.05) is 24.3 Å². The predicted molar refractivity (Wildman–Crippen MR) is 109 cm³/mol. The summed E-state index contributed by atoms with van der Waals surface area (Å²) in [7, 11) is 1.62. The van der Waals surface area contributed by atoms with Crippen molar-refractivity contribution in [2.24, 2.45) is 10.7 Å². The molecule has 7 nitrogen and oxygen atoms in total. The molecule has 0 aliphatic carbocycles. The van der Waals surface area contributed by atoms with E-state index in [1.54, 1.807) is 13.4 Å². The minimum absolute atomic E-state index is 0. The normalized spacial score (nSPS) is 10.8. The number of benzene rings is 2. The van der Waals surface area contributed by atoms with Crippen molar-refractivity contribution in [2.45, 2.75) is 6.54 Å². The van der Waals surface area contributed by atoms with Crippen LogP contribution in [0.3, 0.4) is 0 Å². The molecule has 0 spiro atoms. The average Bonchev–Trinajstić information content (AvgIpc) is 3.09. The summed E-state index contributed by atoms with van der Waals surface area (Å²) in [6.45, 7) is 0.317. The molecule has 1 heterocycles.